The monoisotopic (exact) mass is 302 g/mol. The highest BCUT2D eigenvalue weighted by Gasteiger charge is 2.17. The number of carboxylic acids is 1. The summed E-state index contributed by atoms with van der Waals surface area (Å²) < 4.78 is 0. The molecule has 0 radical (unpaired) electrons. The molecule has 7 nitrogen and oxygen atoms in total. The summed E-state index contributed by atoms with van der Waals surface area (Å²) >= 11 is 0. The first-order valence-electron chi connectivity index (χ1n) is 6.46. The molecule has 4 N–H and O–H groups in total. The van der Waals surface area contributed by atoms with Gasteiger partial charge in [0.05, 0.1) is 5.56 Å². The van der Waals surface area contributed by atoms with Gasteiger partial charge in [0.15, 0.2) is 11.5 Å². The maximum Gasteiger partial charge on any atom is 0.338 e. The van der Waals surface area contributed by atoms with E-state index in [0.717, 1.165) is 5.56 Å². The second-order valence-corrected chi connectivity index (χ2v) is 4.53. The maximum absolute atomic E-state index is 12.0. The lowest BCUT2D eigenvalue weighted by molar-refractivity contribution is 0.0690. The van der Waals surface area contributed by atoms with Gasteiger partial charge in [-0.1, -0.05) is 6.07 Å². The Balaban J connectivity index is 1.98. The number of carboxylic acid groups (broad SMARTS) is 1. The van der Waals surface area contributed by atoms with Crippen LogP contribution in [0.15, 0.2) is 36.5 Å². The Bertz CT molecular complexity index is 715. The first kappa shape index (κ1) is 15.3. The van der Waals surface area contributed by atoms with Gasteiger partial charge >= 0.3 is 5.97 Å². The average molecular weight is 302 g/mol. The van der Waals surface area contributed by atoms with Crippen LogP contribution >= 0.6 is 0 Å². The molecule has 7 heteroatoms. The van der Waals surface area contributed by atoms with Crippen LogP contribution in [-0.2, 0) is 6.42 Å². The summed E-state index contributed by atoms with van der Waals surface area (Å²) in [6.45, 7) is 0.235. The number of carbonyl (C=O) groups is 2. The number of aromatic hydroxyl groups is 2. The summed E-state index contributed by atoms with van der Waals surface area (Å²) in [5.74, 6) is -2.25. The molecule has 22 heavy (non-hydrogen) atoms. The van der Waals surface area contributed by atoms with Crippen LogP contribution in [0.5, 0.6) is 11.5 Å². The van der Waals surface area contributed by atoms with E-state index < -0.39 is 11.9 Å². The van der Waals surface area contributed by atoms with Crippen molar-refractivity contribution in [3.05, 3.63) is 53.3 Å². The van der Waals surface area contributed by atoms with Crippen LogP contribution in [0, 0.1) is 0 Å². The number of pyridine rings is 1. The summed E-state index contributed by atoms with van der Waals surface area (Å²) in [6, 6.07) is 7.12. The van der Waals surface area contributed by atoms with Gasteiger partial charge in [-0.3, -0.25) is 9.78 Å². The topological polar surface area (TPSA) is 120 Å². The summed E-state index contributed by atoms with van der Waals surface area (Å²) in [5, 5.41) is 30.1. The van der Waals surface area contributed by atoms with E-state index in [1.165, 1.54) is 30.5 Å². The van der Waals surface area contributed by atoms with E-state index in [0.29, 0.717) is 6.42 Å². The lowest BCUT2D eigenvalue weighted by Crippen LogP contribution is -2.28. The molecule has 0 bridgehead atoms. The summed E-state index contributed by atoms with van der Waals surface area (Å²) in [7, 11) is 0. The molecule has 2 rings (SSSR count). The molecule has 0 saturated carbocycles. The van der Waals surface area contributed by atoms with E-state index in [9.17, 15) is 19.8 Å². The Morgan fingerprint density at radius 2 is 1.91 bits per heavy atom. The van der Waals surface area contributed by atoms with E-state index in [2.05, 4.69) is 10.3 Å². The van der Waals surface area contributed by atoms with E-state index in [1.54, 1.807) is 6.07 Å². The Morgan fingerprint density at radius 3 is 2.59 bits per heavy atom. The Kier molecular flexibility index (Phi) is 4.57. The number of phenolic OH excluding ortho intramolecular Hbond substituents is 2. The zero-order valence-corrected chi connectivity index (χ0v) is 11.5. The molecular weight excluding hydrogens is 288 g/mol. The normalized spacial score (nSPS) is 10.2. The number of phenols is 2. The van der Waals surface area contributed by atoms with Gasteiger partial charge in [0.2, 0.25) is 0 Å². The van der Waals surface area contributed by atoms with Crippen molar-refractivity contribution in [3.63, 3.8) is 0 Å². The predicted molar refractivity (Wildman–Crippen MR) is 77.0 cm³/mol. The average Bonchev–Trinajstić information content (AvgIpc) is 2.50. The summed E-state index contributed by atoms with van der Waals surface area (Å²) in [5.41, 5.74) is 0.404. The van der Waals surface area contributed by atoms with Crippen LogP contribution in [0.4, 0.5) is 0 Å². The second-order valence-electron chi connectivity index (χ2n) is 4.53. The molecular formula is C15H14N2O5. The Hall–Kier alpha value is -3.09. The SMILES string of the molecule is O=C(O)c1cccnc1C(=O)NCCc1ccc(O)c(O)c1. The number of hydrogen-bond acceptors (Lipinski definition) is 5. The molecule has 0 spiro atoms. The number of rotatable bonds is 5. The Labute approximate surface area is 125 Å². The molecule has 114 valence electrons. The van der Waals surface area contributed by atoms with Crippen molar-refractivity contribution in [2.45, 2.75) is 6.42 Å². The molecule has 0 aliphatic heterocycles. The molecule has 1 amide bonds. The molecule has 0 atom stereocenters. The zero-order chi connectivity index (χ0) is 16.1. The molecule has 1 heterocycles. The van der Waals surface area contributed by atoms with Crippen molar-refractivity contribution in [2.24, 2.45) is 0 Å². The minimum absolute atomic E-state index is 0.149. The number of nitrogens with one attached hydrogen (secondary N) is 1. The van der Waals surface area contributed by atoms with E-state index >= 15 is 0 Å². The van der Waals surface area contributed by atoms with Crippen LogP contribution < -0.4 is 5.32 Å². The van der Waals surface area contributed by atoms with Crippen molar-refractivity contribution in [1.82, 2.24) is 10.3 Å². The highest BCUT2D eigenvalue weighted by Crippen LogP contribution is 2.24. The van der Waals surface area contributed by atoms with E-state index in [-0.39, 0.29) is 29.3 Å². The van der Waals surface area contributed by atoms with Gasteiger partial charge in [0.25, 0.3) is 5.91 Å². The summed E-state index contributed by atoms with van der Waals surface area (Å²) in [4.78, 5) is 26.8. The molecule has 0 saturated heterocycles. The third kappa shape index (κ3) is 3.51. The number of aromatic nitrogens is 1. The molecule has 0 aliphatic carbocycles. The standard InChI is InChI=1S/C15H14N2O5/c18-11-4-3-9(8-12(11)19)5-7-17-14(20)13-10(15(21)22)2-1-6-16-13/h1-4,6,8,18-19H,5,7H2,(H,17,20)(H,21,22). The number of nitrogens with zero attached hydrogens (tertiary/aromatic N) is 1. The Morgan fingerprint density at radius 1 is 1.14 bits per heavy atom. The lowest BCUT2D eigenvalue weighted by Gasteiger charge is -2.07. The zero-order valence-electron chi connectivity index (χ0n) is 11.5. The minimum Gasteiger partial charge on any atom is -0.504 e. The molecule has 1 aromatic carbocycles. The highest BCUT2D eigenvalue weighted by atomic mass is 16.4. The molecule has 1 aromatic heterocycles. The van der Waals surface area contributed by atoms with Crippen molar-refractivity contribution in [3.8, 4) is 11.5 Å². The van der Waals surface area contributed by atoms with Gasteiger partial charge in [0, 0.05) is 12.7 Å². The first-order chi connectivity index (χ1) is 10.5. The van der Waals surface area contributed by atoms with Gasteiger partial charge in [-0.25, -0.2) is 4.79 Å². The quantitative estimate of drug-likeness (QED) is 0.615. The van der Waals surface area contributed by atoms with Crippen molar-refractivity contribution in [2.75, 3.05) is 6.54 Å². The van der Waals surface area contributed by atoms with Crippen molar-refractivity contribution < 1.29 is 24.9 Å². The van der Waals surface area contributed by atoms with Gasteiger partial charge in [-0.2, -0.15) is 0 Å². The van der Waals surface area contributed by atoms with Gasteiger partial charge < -0.3 is 20.6 Å². The number of benzene rings is 1. The van der Waals surface area contributed by atoms with E-state index in [4.69, 9.17) is 5.11 Å². The fourth-order valence-electron chi connectivity index (χ4n) is 1.89. The lowest BCUT2D eigenvalue weighted by atomic mass is 10.1. The number of aromatic carboxylic acids is 1. The van der Waals surface area contributed by atoms with Gasteiger partial charge in [-0.05, 0) is 36.2 Å². The van der Waals surface area contributed by atoms with Crippen LogP contribution in [0.1, 0.15) is 26.4 Å². The largest absolute Gasteiger partial charge is 0.504 e. The molecule has 2 aromatic rings. The summed E-state index contributed by atoms with van der Waals surface area (Å²) in [6.07, 6.45) is 1.76. The molecule has 0 unspecified atom stereocenters. The fraction of sp³-hybridized carbons (Fsp3) is 0.133. The minimum atomic E-state index is -1.22. The fourth-order valence-corrected chi connectivity index (χ4v) is 1.89. The van der Waals surface area contributed by atoms with Crippen LogP contribution in [-0.4, -0.2) is 38.7 Å². The van der Waals surface area contributed by atoms with Crippen LogP contribution in [0.3, 0.4) is 0 Å². The van der Waals surface area contributed by atoms with E-state index in [1.807, 2.05) is 0 Å². The second kappa shape index (κ2) is 6.57. The van der Waals surface area contributed by atoms with Crippen LogP contribution in [0.2, 0.25) is 0 Å². The van der Waals surface area contributed by atoms with Gasteiger partial charge in [0.1, 0.15) is 5.69 Å². The third-order valence-corrected chi connectivity index (χ3v) is 2.99. The van der Waals surface area contributed by atoms with Crippen molar-refractivity contribution in [1.29, 1.82) is 0 Å². The third-order valence-electron chi connectivity index (χ3n) is 2.99. The van der Waals surface area contributed by atoms with Crippen LogP contribution in [0.25, 0.3) is 0 Å². The molecule has 0 fully saturated rings. The highest BCUT2D eigenvalue weighted by molar-refractivity contribution is 6.03. The maximum atomic E-state index is 12.0. The number of carbonyl (C=O) groups excluding carboxylic acids is 1. The number of hydrogen-bond donors (Lipinski definition) is 4. The van der Waals surface area contributed by atoms with Gasteiger partial charge in [-0.15, -0.1) is 0 Å². The van der Waals surface area contributed by atoms with Crippen molar-refractivity contribution >= 4 is 11.9 Å². The number of amides is 1. The predicted octanol–water partition coefficient (Wildman–Crippen LogP) is 1.16. The first-order valence-corrected chi connectivity index (χ1v) is 6.46. The smallest absolute Gasteiger partial charge is 0.338 e. The molecule has 0 aliphatic rings.